The molecule has 2 aliphatic rings. The van der Waals surface area contributed by atoms with Crippen LogP contribution in [0.5, 0.6) is 11.5 Å². The number of allylic oxidation sites excluding steroid dienone is 2. The molecule has 1 atom stereocenters. The molecule has 24 heavy (non-hydrogen) atoms. The van der Waals surface area contributed by atoms with Crippen molar-refractivity contribution in [1.82, 2.24) is 0 Å². The van der Waals surface area contributed by atoms with Gasteiger partial charge in [-0.2, -0.15) is 0 Å². The number of phenolic OH excluding ortho intramolecular Hbond substituents is 1. The summed E-state index contributed by atoms with van der Waals surface area (Å²) in [5, 5.41) is 30.1. The number of esters is 1. The van der Waals surface area contributed by atoms with Crippen LogP contribution in [0.4, 0.5) is 0 Å². The second-order valence-electron chi connectivity index (χ2n) is 6.69. The van der Waals surface area contributed by atoms with Crippen molar-refractivity contribution in [3.05, 3.63) is 33.9 Å². The van der Waals surface area contributed by atoms with Gasteiger partial charge >= 0.3 is 5.97 Å². The molecule has 0 aromatic heterocycles. The van der Waals surface area contributed by atoms with Gasteiger partial charge in [-0.25, -0.2) is 4.79 Å². The van der Waals surface area contributed by atoms with Crippen LogP contribution in [0.15, 0.2) is 11.6 Å². The number of carbonyl (C=O) groups is 1. The maximum absolute atomic E-state index is 11.9. The maximum atomic E-state index is 11.9. The van der Waals surface area contributed by atoms with Crippen LogP contribution in [0.1, 0.15) is 46.8 Å². The van der Waals surface area contributed by atoms with Crippen molar-refractivity contribution in [2.45, 2.75) is 45.5 Å². The molecule has 1 aliphatic heterocycles. The molecule has 0 spiro atoms. The SMILES string of the molecule is COc1c(C)c2c(c(O)c1CC1=CCC(C(C)(O)O)C1)C(=O)OC2. The van der Waals surface area contributed by atoms with Crippen molar-refractivity contribution >= 4 is 5.97 Å². The van der Waals surface area contributed by atoms with E-state index < -0.39 is 11.8 Å². The van der Waals surface area contributed by atoms with Crippen molar-refractivity contribution in [3.8, 4) is 11.5 Å². The first-order valence-electron chi connectivity index (χ1n) is 7.95. The van der Waals surface area contributed by atoms with E-state index >= 15 is 0 Å². The van der Waals surface area contributed by atoms with Crippen molar-refractivity contribution in [3.63, 3.8) is 0 Å². The Bertz CT molecular complexity index is 726. The number of hydrogen-bond acceptors (Lipinski definition) is 6. The first-order chi connectivity index (χ1) is 11.2. The number of aromatic hydroxyl groups is 1. The summed E-state index contributed by atoms with van der Waals surface area (Å²) in [6.07, 6.45) is 3.43. The highest BCUT2D eigenvalue weighted by molar-refractivity contribution is 5.98. The number of fused-ring (bicyclic) bond motifs is 1. The largest absolute Gasteiger partial charge is 0.507 e. The topological polar surface area (TPSA) is 96.2 Å². The number of ether oxygens (including phenoxy) is 2. The summed E-state index contributed by atoms with van der Waals surface area (Å²) >= 11 is 0. The van der Waals surface area contributed by atoms with Crippen LogP contribution in [-0.4, -0.2) is 34.2 Å². The normalized spacial score (nSPS) is 20.0. The standard InChI is InChI=1S/C18H22O6/c1-9-13-8-24-17(20)14(13)15(19)12(16(9)23-3)7-10-4-5-11(6-10)18(2,21)22/h4,11,19,21-22H,5-8H2,1-3H3. The number of rotatable bonds is 4. The van der Waals surface area contributed by atoms with E-state index in [0.717, 1.165) is 11.1 Å². The third-order valence-corrected chi connectivity index (χ3v) is 5.02. The Morgan fingerprint density at radius 3 is 2.71 bits per heavy atom. The first kappa shape index (κ1) is 16.8. The summed E-state index contributed by atoms with van der Waals surface area (Å²) in [6.45, 7) is 3.36. The minimum absolute atomic E-state index is 0.102. The molecule has 1 unspecified atom stereocenters. The lowest BCUT2D eigenvalue weighted by Gasteiger charge is -2.24. The quantitative estimate of drug-likeness (QED) is 0.442. The highest BCUT2D eigenvalue weighted by Crippen LogP contribution is 2.44. The number of cyclic esters (lactones) is 1. The van der Waals surface area contributed by atoms with Crippen LogP contribution >= 0.6 is 0 Å². The van der Waals surface area contributed by atoms with Gasteiger partial charge in [0.05, 0.1) is 7.11 Å². The molecular formula is C18H22O6. The van der Waals surface area contributed by atoms with Crippen molar-refractivity contribution in [2.24, 2.45) is 5.92 Å². The molecule has 0 saturated heterocycles. The number of carbonyl (C=O) groups excluding carboxylic acids is 1. The Morgan fingerprint density at radius 1 is 1.42 bits per heavy atom. The van der Waals surface area contributed by atoms with Crippen LogP contribution in [0.2, 0.25) is 0 Å². The van der Waals surface area contributed by atoms with Crippen LogP contribution < -0.4 is 4.74 Å². The van der Waals surface area contributed by atoms with E-state index in [9.17, 15) is 20.1 Å². The lowest BCUT2D eigenvalue weighted by molar-refractivity contribution is -0.182. The average Bonchev–Trinajstić information content (AvgIpc) is 3.11. The Hall–Kier alpha value is -2.05. The molecule has 0 radical (unpaired) electrons. The summed E-state index contributed by atoms with van der Waals surface area (Å²) in [5.41, 5.74) is 3.18. The van der Waals surface area contributed by atoms with Gasteiger partial charge in [0.2, 0.25) is 0 Å². The van der Waals surface area contributed by atoms with Crippen LogP contribution in [0.25, 0.3) is 0 Å². The Morgan fingerprint density at radius 2 is 2.12 bits per heavy atom. The molecule has 0 amide bonds. The molecule has 6 nitrogen and oxygen atoms in total. The number of phenols is 1. The lowest BCUT2D eigenvalue weighted by atomic mass is 9.91. The van der Waals surface area contributed by atoms with E-state index in [1.165, 1.54) is 14.0 Å². The fourth-order valence-corrected chi connectivity index (χ4v) is 3.58. The van der Waals surface area contributed by atoms with Gasteiger partial charge in [-0.05, 0) is 32.3 Å². The van der Waals surface area contributed by atoms with E-state index in [1.54, 1.807) is 0 Å². The fraction of sp³-hybridized carbons (Fsp3) is 0.500. The number of benzene rings is 1. The summed E-state index contributed by atoms with van der Waals surface area (Å²) in [4.78, 5) is 11.9. The molecule has 1 aliphatic carbocycles. The number of hydrogen-bond donors (Lipinski definition) is 3. The third-order valence-electron chi connectivity index (χ3n) is 5.02. The summed E-state index contributed by atoms with van der Waals surface area (Å²) < 4.78 is 10.5. The van der Waals surface area contributed by atoms with E-state index in [2.05, 4.69) is 0 Å². The van der Waals surface area contributed by atoms with E-state index in [0.29, 0.717) is 36.1 Å². The van der Waals surface area contributed by atoms with Gasteiger partial charge in [0.1, 0.15) is 23.7 Å². The van der Waals surface area contributed by atoms with E-state index in [1.807, 2.05) is 13.0 Å². The molecule has 1 heterocycles. The van der Waals surface area contributed by atoms with Gasteiger partial charge in [0, 0.05) is 23.5 Å². The Kier molecular flexibility index (Phi) is 4.05. The number of aliphatic hydroxyl groups is 2. The van der Waals surface area contributed by atoms with Crippen molar-refractivity contribution < 1.29 is 29.6 Å². The molecular weight excluding hydrogens is 312 g/mol. The van der Waals surface area contributed by atoms with Gasteiger partial charge in [-0.15, -0.1) is 0 Å². The monoisotopic (exact) mass is 334 g/mol. The minimum atomic E-state index is -1.73. The lowest BCUT2D eigenvalue weighted by Crippen LogP contribution is -2.32. The first-order valence-corrected chi connectivity index (χ1v) is 7.95. The zero-order valence-corrected chi connectivity index (χ0v) is 14.0. The second-order valence-corrected chi connectivity index (χ2v) is 6.69. The molecule has 0 bridgehead atoms. The van der Waals surface area contributed by atoms with Gasteiger partial charge in [-0.3, -0.25) is 0 Å². The molecule has 6 heteroatoms. The van der Waals surface area contributed by atoms with Crippen LogP contribution in [0.3, 0.4) is 0 Å². The predicted molar refractivity (Wildman–Crippen MR) is 85.9 cm³/mol. The smallest absolute Gasteiger partial charge is 0.342 e. The van der Waals surface area contributed by atoms with E-state index in [-0.39, 0.29) is 23.8 Å². The molecule has 3 rings (SSSR count). The number of methoxy groups -OCH3 is 1. The van der Waals surface area contributed by atoms with Gasteiger partial charge in [-0.1, -0.05) is 11.6 Å². The predicted octanol–water partition coefficient (Wildman–Crippen LogP) is 1.96. The van der Waals surface area contributed by atoms with Crippen molar-refractivity contribution in [1.29, 1.82) is 0 Å². The van der Waals surface area contributed by atoms with Crippen LogP contribution in [-0.2, 0) is 17.8 Å². The average molecular weight is 334 g/mol. The summed E-state index contributed by atoms with van der Waals surface area (Å²) in [7, 11) is 1.53. The zero-order chi connectivity index (χ0) is 17.6. The maximum Gasteiger partial charge on any atom is 0.342 e. The zero-order valence-electron chi connectivity index (χ0n) is 14.0. The highest BCUT2D eigenvalue weighted by atomic mass is 16.5. The summed E-state index contributed by atoms with van der Waals surface area (Å²) in [6, 6.07) is 0. The van der Waals surface area contributed by atoms with Crippen LogP contribution in [0, 0.1) is 12.8 Å². The molecule has 0 saturated carbocycles. The summed E-state index contributed by atoms with van der Waals surface area (Å²) in [5.74, 6) is -2.09. The highest BCUT2D eigenvalue weighted by Gasteiger charge is 2.35. The molecule has 0 fully saturated rings. The second kappa shape index (κ2) is 5.79. The third kappa shape index (κ3) is 2.65. The molecule has 1 aromatic carbocycles. The molecule has 3 N–H and O–H groups in total. The minimum Gasteiger partial charge on any atom is -0.507 e. The fourth-order valence-electron chi connectivity index (χ4n) is 3.58. The van der Waals surface area contributed by atoms with Gasteiger partial charge in [0.15, 0.2) is 5.79 Å². The van der Waals surface area contributed by atoms with Crippen molar-refractivity contribution in [2.75, 3.05) is 7.11 Å². The van der Waals surface area contributed by atoms with Gasteiger partial charge < -0.3 is 24.8 Å². The molecule has 130 valence electrons. The Labute approximate surface area is 140 Å². The molecule has 1 aromatic rings. The van der Waals surface area contributed by atoms with E-state index in [4.69, 9.17) is 9.47 Å². The Balaban J connectivity index is 1.96. The van der Waals surface area contributed by atoms with Gasteiger partial charge in [0.25, 0.3) is 0 Å².